The number of nitrogens with zero attached hydrogens (tertiary/aromatic N) is 3. The number of halogens is 2. The first-order chi connectivity index (χ1) is 11.9. The number of sulfone groups is 1. The molecule has 134 valence electrons. The van der Waals surface area contributed by atoms with Crippen molar-refractivity contribution < 1.29 is 13.2 Å². The summed E-state index contributed by atoms with van der Waals surface area (Å²) in [5.74, 6) is 0.296. The van der Waals surface area contributed by atoms with Crippen molar-refractivity contribution in [2.24, 2.45) is 0 Å². The molecule has 25 heavy (non-hydrogen) atoms. The van der Waals surface area contributed by atoms with Crippen molar-refractivity contribution in [1.29, 1.82) is 0 Å². The maximum Gasteiger partial charge on any atom is 0.224 e. The van der Waals surface area contributed by atoms with E-state index < -0.39 is 9.84 Å². The van der Waals surface area contributed by atoms with E-state index in [-0.39, 0.29) is 27.0 Å². The van der Waals surface area contributed by atoms with Crippen molar-refractivity contribution >= 4 is 38.9 Å². The maximum atomic E-state index is 12.7. The summed E-state index contributed by atoms with van der Waals surface area (Å²) in [5.41, 5.74) is 0.327. The zero-order valence-electron chi connectivity index (χ0n) is 13.5. The molecule has 1 aliphatic heterocycles. The summed E-state index contributed by atoms with van der Waals surface area (Å²) >= 11 is 12.0. The fourth-order valence-corrected chi connectivity index (χ4v) is 4.74. The zero-order valence-corrected chi connectivity index (χ0v) is 15.9. The largest absolute Gasteiger partial charge is 0.377 e. The topological polar surface area (TPSA) is 72.4 Å². The molecule has 0 bridgehead atoms. The van der Waals surface area contributed by atoms with Crippen LogP contribution in [0.4, 0.5) is 5.82 Å². The van der Waals surface area contributed by atoms with Crippen LogP contribution in [0.5, 0.6) is 0 Å². The minimum absolute atomic E-state index is 0.0144. The van der Waals surface area contributed by atoms with Crippen molar-refractivity contribution in [3.05, 3.63) is 46.3 Å². The van der Waals surface area contributed by atoms with Crippen LogP contribution in [0.15, 0.2) is 35.2 Å². The molecule has 0 N–H and O–H groups in total. The second-order valence-electron chi connectivity index (χ2n) is 5.79. The molecule has 1 saturated heterocycles. The Hall–Kier alpha value is -1.41. The molecule has 2 aromatic rings. The van der Waals surface area contributed by atoms with Gasteiger partial charge in [-0.2, -0.15) is 0 Å². The van der Waals surface area contributed by atoms with Crippen LogP contribution in [0.25, 0.3) is 0 Å². The lowest BCUT2D eigenvalue weighted by atomic mass is 10.2. The highest BCUT2D eigenvalue weighted by Gasteiger charge is 2.24. The number of ether oxygens (including phenoxy) is 1. The normalized spacial score (nSPS) is 18.4. The van der Waals surface area contributed by atoms with E-state index in [0.29, 0.717) is 31.3 Å². The SMILES string of the molecule is C[C@H]1COCCN1c1cc(CS(=O)(=O)c2ccccc2Cl)nc(Cl)n1. The third-order valence-electron chi connectivity index (χ3n) is 3.91. The second kappa shape index (κ2) is 7.45. The quantitative estimate of drug-likeness (QED) is 0.733. The number of benzene rings is 1. The smallest absolute Gasteiger partial charge is 0.224 e. The molecule has 0 radical (unpaired) electrons. The van der Waals surface area contributed by atoms with Gasteiger partial charge in [0.15, 0.2) is 9.84 Å². The van der Waals surface area contributed by atoms with E-state index in [4.69, 9.17) is 27.9 Å². The summed E-state index contributed by atoms with van der Waals surface area (Å²) < 4.78 is 30.7. The Labute approximate surface area is 156 Å². The lowest BCUT2D eigenvalue weighted by Crippen LogP contribution is -2.44. The average Bonchev–Trinajstić information content (AvgIpc) is 2.54. The fraction of sp³-hybridized carbons (Fsp3) is 0.375. The molecule has 9 heteroatoms. The van der Waals surface area contributed by atoms with Crippen molar-refractivity contribution in [2.45, 2.75) is 23.6 Å². The van der Waals surface area contributed by atoms with E-state index in [2.05, 4.69) is 9.97 Å². The Balaban J connectivity index is 1.92. The van der Waals surface area contributed by atoms with E-state index in [1.54, 1.807) is 24.3 Å². The predicted octanol–water partition coefficient (Wildman–Crippen LogP) is 2.98. The minimum Gasteiger partial charge on any atom is -0.377 e. The van der Waals surface area contributed by atoms with Gasteiger partial charge in [0.1, 0.15) is 5.82 Å². The molecule has 0 saturated carbocycles. The summed E-state index contributed by atoms with van der Waals surface area (Å²) in [7, 11) is -3.65. The number of rotatable bonds is 4. The molecule has 0 amide bonds. The lowest BCUT2D eigenvalue weighted by molar-refractivity contribution is 0.0985. The van der Waals surface area contributed by atoms with E-state index in [1.165, 1.54) is 6.07 Å². The molecule has 0 aliphatic carbocycles. The van der Waals surface area contributed by atoms with Gasteiger partial charge in [-0.05, 0) is 30.7 Å². The first-order valence-electron chi connectivity index (χ1n) is 7.72. The van der Waals surface area contributed by atoms with Gasteiger partial charge in [-0.3, -0.25) is 0 Å². The number of hydrogen-bond donors (Lipinski definition) is 0. The summed E-state index contributed by atoms with van der Waals surface area (Å²) in [6.07, 6.45) is 0. The summed E-state index contributed by atoms with van der Waals surface area (Å²) in [6, 6.07) is 8.11. The van der Waals surface area contributed by atoms with Crippen LogP contribution in [-0.4, -0.2) is 44.2 Å². The van der Waals surface area contributed by atoms with Gasteiger partial charge in [0.05, 0.1) is 40.6 Å². The monoisotopic (exact) mass is 401 g/mol. The van der Waals surface area contributed by atoms with Gasteiger partial charge in [-0.25, -0.2) is 18.4 Å². The molecule has 1 aromatic heterocycles. The van der Waals surface area contributed by atoms with Gasteiger partial charge >= 0.3 is 0 Å². The van der Waals surface area contributed by atoms with Crippen LogP contribution in [0.1, 0.15) is 12.6 Å². The van der Waals surface area contributed by atoms with Gasteiger partial charge in [-0.1, -0.05) is 23.7 Å². The Kier molecular flexibility index (Phi) is 5.48. The van der Waals surface area contributed by atoms with E-state index >= 15 is 0 Å². The van der Waals surface area contributed by atoms with E-state index in [9.17, 15) is 8.42 Å². The number of aromatic nitrogens is 2. The van der Waals surface area contributed by atoms with Gasteiger partial charge in [-0.15, -0.1) is 0 Å². The molecule has 2 heterocycles. The Bertz CT molecular complexity index is 877. The minimum atomic E-state index is -3.65. The second-order valence-corrected chi connectivity index (χ2v) is 8.50. The highest BCUT2D eigenvalue weighted by atomic mass is 35.5. The van der Waals surface area contributed by atoms with Crippen molar-refractivity contribution in [3.63, 3.8) is 0 Å². The average molecular weight is 402 g/mol. The third kappa shape index (κ3) is 4.23. The molecular formula is C16H17Cl2N3O3S. The van der Waals surface area contributed by atoms with Crippen molar-refractivity contribution in [3.8, 4) is 0 Å². The maximum absolute atomic E-state index is 12.7. The van der Waals surface area contributed by atoms with E-state index in [1.807, 2.05) is 11.8 Å². The highest BCUT2D eigenvalue weighted by molar-refractivity contribution is 7.90. The van der Waals surface area contributed by atoms with Crippen LogP contribution in [-0.2, 0) is 20.3 Å². The van der Waals surface area contributed by atoms with Gasteiger partial charge < -0.3 is 9.64 Å². The van der Waals surface area contributed by atoms with Gasteiger partial charge in [0.25, 0.3) is 0 Å². The standard InChI is InChI=1S/C16H17Cl2N3O3S/c1-11-9-24-7-6-21(11)15-8-12(19-16(18)20-15)10-25(22,23)14-5-3-2-4-13(14)17/h2-5,8,11H,6-7,9-10H2,1H3/t11-/m0/s1. The first kappa shape index (κ1) is 18.4. The zero-order chi connectivity index (χ0) is 18.0. The number of morpholine rings is 1. The van der Waals surface area contributed by atoms with Crippen LogP contribution in [0.2, 0.25) is 10.3 Å². The van der Waals surface area contributed by atoms with E-state index in [0.717, 1.165) is 0 Å². The molecule has 6 nitrogen and oxygen atoms in total. The summed E-state index contributed by atoms with van der Waals surface area (Å²) in [6.45, 7) is 3.83. The summed E-state index contributed by atoms with van der Waals surface area (Å²) in [5, 5.41) is 0.199. The van der Waals surface area contributed by atoms with Gasteiger partial charge in [0, 0.05) is 12.6 Å². The third-order valence-corrected chi connectivity index (χ3v) is 6.22. The molecule has 1 aliphatic rings. The molecule has 0 spiro atoms. The molecule has 1 aromatic carbocycles. The van der Waals surface area contributed by atoms with Crippen LogP contribution < -0.4 is 4.90 Å². The molecule has 3 rings (SSSR count). The van der Waals surface area contributed by atoms with Crippen molar-refractivity contribution in [2.75, 3.05) is 24.7 Å². The molecule has 1 atom stereocenters. The van der Waals surface area contributed by atoms with Crippen LogP contribution in [0, 0.1) is 0 Å². The Morgan fingerprint density at radius 3 is 2.76 bits per heavy atom. The van der Waals surface area contributed by atoms with Gasteiger partial charge in [0.2, 0.25) is 5.28 Å². The highest BCUT2D eigenvalue weighted by Crippen LogP contribution is 2.26. The fourth-order valence-electron chi connectivity index (χ4n) is 2.71. The van der Waals surface area contributed by atoms with Crippen molar-refractivity contribution in [1.82, 2.24) is 9.97 Å². The number of hydrogen-bond acceptors (Lipinski definition) is 6. The lowest BCUT2D eigenvalue weighted by Gasteiger charge is -2.34. The molecule has 1 fully saturated rings. The predicted molar refractivity (Wildman–Crippen MR) is 97.0 cm³/mol. The van der Waals surface area contributed by atoms with Crippen LogP contribution in [0.3, 0.4) is 0 Å². The number of anilines is 1. The first-order valence-corrected chi connectivity index (χ1v) is 10.1. The molecular weight excluding hydrogens is 385 g/mol. The Morgan fingerprint density at radius 1 is 1.28 bits per heavy atom. The van der Waals surface area contributed by atoms with Crippen LogP contribution >= 0.6 is 23.2 Å². The Morgan fingerprint density at radius 2 is 2.04 bits per heavy atom. The summed E-state index contributed by atoms with van der Waals surface area (Å²) in [4.78, 5) is 10.4. The molecule has 0 unspecified atom stereocenters.